The normalized spacial score (nSPS) is 27.9. The smallest absolute Gasteiger partial charge is 0.227 e. The fourth-order valence-electron chi connectivity index (χ4n) is 4.92. The molecular weight excluding hydrogens is 352 g/mol. The highest BCUT2D eigenvalue weighted by atomic mass is 35.5. The lowest BCUT2D eigenvalue weighted by Crippen LogP contribution is -2.61. The van der Waals surface area contributed by atoms with Gasteiger partial charge in [0.05, 0.1) is 18.6 Å². The van der Waals surface area contributed by atoms with Crippen molar-refractivity contribution in [3.05, 3.63) is 28.8 Å². The van der Waals surface area contributed by atoms with E-state index in [4.69, 9.17) is 16.3 Å². The molecule has 1 aromatic carbocycles. The molecule has 0 spiro atoms. The van der Waals surface area contributed by atoms with E-state index in [0.717, 1.165) is 44.5 Å². The molecule has 3 heterocycles. The molecule has 0 aromatic heterocycles. The first-order valence-corrected chi connectivity index (χ1v) is 9.82. The van der Waals surface area contributed by atoms with Crippen LogP contribution >= 0.6 is 11.6 Å². The summed E-state index contributed by atoms with van der Waals surface area (Å²) in [5, 5.41) is 0.532. The molecule has 3 aliphatic heterocycles. The summed E-state index contributed by atoms with van der Waals surface area (Å²) in [6.45, 7) is 2.35. The zero-order valence-electron chi connectivity index (χ0n) is 15.1. The van der Waals surface area contributed by atoms with E-state index in [-0.39, 0.29) is 5.91 Å². The van der Waals surface area contributed by atoms with Gasteiger partial charge in [0.1, 0.15) is 5.75 Å². The highest BCUT2D eigenvalue weighted by Crippen LogP contribution is 2.38. The maximum atomic E-state index is 12.9. The first kappa shape index (κ1) is 17.7. The van der Waals surface area contributed by atoms with Crippen LogP contribution in [0.5, 0.6) is 5.75 Å². The fraction of sp³-hybridized carbons (Fsp3) is 0.600. The van der Waals surface area contributed by atoms with Gasteiger partial charge in [-0.2, -0.15) is 0 Å². The van der Waals surface area contributed by atoms with E-state index in [9.17, 15) is 9.59 Å². The van der Waals surface area contributed by atoms with Crippen molar-refractivity contribution in [1.82, 2.24) is 9.80 Å². The number of methoxy groups -OCH3 is 1. The number of benzene rings is 1. The Balaban J connectivity index is 1.43. The Morgan fingerprint density at radius 1 is 1.31 bits per heavy atom. The predicted octanol–water partition coefficient (Wildman–Crippen LogP) is 2.75. The van der Waals surface area contributed by atoms with Gasteiger partial charge in [-0.15, -0.1) is 0 Å². The van der Waals surface area contributed by atoms with E-state index >= 15 is 0 Å². The molecule has 2 unspecified atom stereocenters. The molecule has 2 amide bonds. The molecule has 0 radical (unpaired) electrons. The fourth-order valence-corrected chi connectivity index (χ4v) is 5.20. The van der Waals surface area contributed by atoms with E-state index in [2.05, 4.69) is 4.90 Å². The second kappa shape index (κ2) is 7.10. The van der Waals surface area contributed by atoms with E-state index in [1.54, 1.807) is 13.2 Å². The highest BCUT2D eigenvalue weighted by molar-refractivity contribution is 6.32. The second-order valence-electron chi connectivity index (χ2n) is 7.81. The van der Waals surface area contributed by atoms with Crippen LogP contribution in [-0.4, -0.2) is 54.4 Å². The first-order valence-electron chi connectivity index (χ1n) is 9.45. The Kier molecular flexibility index (Phi) is 4.82. The Hall–Kier alpha value is -1.75. The minimum atomic E-state index is 0.150. The lowest BCUT2D eigenvalue weighted by Gasteiger charge is -2.52. The van der Waals surface area contributed by atoms with Crippen LogP contribution in [0.15, 0.2) is 18.2 Å². The third kappa shape index (κ3) is 3.29. The summed E-state index contributed by atoms with van der Waals surface area (Å²) in [5.41, 5.74) is 0.908. The van der Waals surface area contributed by atoms with Gasteiger partial charge in [-0.3, -0.25) is 9.59 Å². The molecular formula is C20H25ClN2O3. The molecule has 0 aliphatic carbocycles. The molecule has 3 saturated heterocycles. The van der Waals surface area contributed by atoms with Gasteiger partial charge in [0, 0.05) is 32.1 Å². The number of carbonyl (C=O) groups is 2. The number of amides is 2. The van der Waals surface area contributed by atoms with Gasteiger partial charge in [-0.1, -0.05) is 17.7 Å². The lowest BCUT2D eigenvalue weighted by molar-refractivity contribution is -0.148. The van der Waals surface area contributed by atoms with Crippen LogP contribution in [0.3, 0.4) is 0 Å². The van der Waals surface area contributed by atoms with Crippen molar-refractivity contribution in [3.8, 4) is 5.75 Å². The predicted molar refractivity (Wildman–Crippen MR) is 99.2 cm³/mol. The number of rotatable bonds is 3. The van der Waals surface area contributed by atoms with E-state index in [1.165, 1.54) is 0 Å². The Morgan fingerprint density at radius 2 is 2.15 bits per heavy atom. The SMILES string of the molecule is COc1ccc(CC(=O)N2CC3CC(C2)[C@H]2CCCC(=O)N2C3)cc1Cl. The van der Waals surface area contributed by atoms with Crippen LogP contribution in [-0.2, 0) is 16.0 Å². The van der Waals surface area contributed by atoms with Gasteiger partial charge in [0.15, 0.2) is 0 Å². The van der Waals surface area contributed by atoms with Crippen LogP contribution in [0, 0.1) is 11.8 Å². The molecule has 6 heteroatoms. The number of hydrogen-bond acceptors (Lipinski definition) is 3. The van der Waals surface area contributed by atoms with Crippen LogP contribution < -0.4 is 4.74 Å². The third-order valence-electron chi connectivity index (χ3n) is 6.10. The topological polar surface area (TPSA) is 49.9 Å². The number of nitrogens with zero attached hydrogens (tertiary/aromatic N) is 2. The first-order chi connectivity index (χ1) is 12.5. The quantitative estimate of drug-likeness (QED) is 0.815. The molecule has 0 N–H and O–H groups in total. The zero-order valence-corrected chi connectivity index (χ0v) is 15.9. The Morgan fingerprint density at radius 3 is 2.92 bits per heavy atom. The number of piperidine rings is 3. The molecule has 2 bridgehead atoms. The van der Waals surface area contributed by atoms with Crippen LogP contribution in [0.1, 0.15) is 31.2 Å². The third-order valence-corrected chi connectivity index (χ3v) is 6.40. The maximum absolute atomic E-state index is 12.9. The van der Waals surface area contributed by atoms with Gasteiger partial charge in [0.2, 0.25) is 11.8 Å². The standard InChI is InChI=1S/C20H25ClN2O3/c1-26-18-6-5-13(8-16(18)21)9-20(25)22-10-14-7-15(12-22)17-3-2-4-19(24)23(17)11-14/h5-6,8,14-15,17H,2-4,7,9-12H2,1H3/t14?,15?,17-/m1/s1. The molecule has 5 nitrogen and oxygen atoms in total. The largest absolute Gasteiger partial charge is 0.495 e. The Labute approximate surface area is 159 Å². The number of hydrogen-bond donors (Lipinski definition) is 0. The van der Waals surface area contributed by atoms with Crippen molar-refractivity contribution in [2.45, 2.75) is 38.1 Å². The molecule has 26 heavy (non-hydrogen) atoms. The van der Waals surface area contributed by atoms with Gasteiger partial charge < -0.3 is 14.5 Å². The van der Waals surface area contributed by atoms with Crippen molar-refractivity contribution in [1.29, 1.82) is 0 Å². The summed E-state index contributed by atoms with van der Waals surface area (Å²) in [6.07, 6.45) is 4.26. The molecule has 3 atom stereocenters. The zero-order chi connectivity index (χ0) is 18.3. The van der Waals surface area contributed by atoms with E-state index < -0.39 is 0 Å². The monoisotopic (exact) mass is 376 g/mol. The van der Waals surface area contributed by atoms with E-state index in [0.29, 0.717) is 47.4 Å². The Bertz CT molecular complexity index is 723. The van der Waals surface area contributed by atoms with Crippen LogP contribution in [0.25, 0.3) is 0 Å². The van der Waals surface area contributed by atoms with Crippen LogP contribution in [0.2, 0.25) is 5.02 Å². The number of likely N-dealkylation sites (tertiary alicyclic amines) is 1. The van der Waals surface area contributed by atoms with Crippen molar-refractivity contribution in [3.63, 3.8) is 0 Å². The van der Waals surface area contributed by atoms with Gasteiger partial charge in [0.25, 0.3) is 0 Å². The summed E-state index contributed by atoms with van der Waals surface area (Å²) in [4.78, 5) is 29.2. The van der Waals surface area contributed by atoms with Gasteiger partial charge in [-0.05, 0) is 48.8 Å². The number of fused-ring (bicyclic) bond motifs is 4. The van der Waals surface area contributed by atoms with Crippen molar-refractivity contribution < 1.29 is 14.3 Å². The molecule has 4 rings (SSSR count). The van der Waals surface area contributed by atoms with Crippen molar-refractivity contribution in [2.24, 2.45) is 11.8 Å². The summed E-state index contributed by atoms with van der Waals surface area (Å²) in [6, 6.07) is 5.85. The maximum Gasteiger partial charge on any atom is 0.227 e. The van der Waals surface area contributed by atoms with Crippen molar-refractivity contribution >= 4 is 23.4 Å². The van der Waals surface area contributed by atoms with Gasteiger partial charge >= 0.3 is 0 Å². The van der Waals surface area contributed by atoms with Crippen LogP contribution in [0.4, 0.5) is 0 Å². The number of halogens is 1. The lowest BCUT2D eigenvalue weighted by atomic mass is 9.76. The van der Waals surface area contributed by atoms with E-state index in [1.807, 2.05) is 17.0 Å². The molecule has 0 saturated carbocycles. The molecule has 3 aliphatic rings. The van der Waals surface area contributed by atoms with Crippen molar-refractivity contribution in [2.75, 3.05) is 26.7 Å². The summed E-state index contributed by atoms with van der Waals surface area (Å²) >= 11 is 6.18. The summed E-state index contributed by atoms with van der Waals surface area (Å²) in [7, 11) is 1.58. The second-order valence-corrected chi connectivity index (χ2v) is 8.22. The average Bonchev–Trinajstić information content (AvgIpc) is 2.63. The average molecular weight is 377 g/mol. The minimum Gasteiger partial charge on any atom is -0.495 e. The summed E-state index contributed by atoms with van der Waals surface area (Å²) < 4.78 is 5.17. The number of ether oxygens (including phenoxy) is 1. The highest BCUT2D eigenvalue weighted by Gasteiger charge is 2.44. The molecule has 1 aromatic rings. The van der Waals surface area contributed by atoms with Gasteiger partial charge in [-0.25, -0.2) is 0 Å². The molecule has 3 fully saturated rings. The number of carbonyl (C=O) groups excluding carboxylic acids is 2. The molecule has 140 valence electrons. The minimum absolute atomic E-state index is 0.150. The summed E-state index contributed by atoms with van der Waals surface area (Å²) in [5.74, 6) is 1.92.